The lowest BCUT2D eigenvalue weighted by molar-refractivity contribution is -0.119. The maximum absolute atomic E-state index is 13.6. The predicted molar refractivity (Wildman–Crippen MR) is 121 cm³/mol. The first-order valence-electron chi connectivity index (χ1n) is 10.6. The fourth-order valence-corrected chi connectivity index (χ4v) is 4.19. The van der Waals surface area contributed by atoms with Gasteiger partial charge >= 0.3 is 0 Å². The Morgan fingerprint density at radius 3 is 2.59 bits per heavy atom. The van der Waals surface area contributed by atoms with Crippen LogP contribution in [0.15, 0.2) is 48.5 Å². The molecule has 32 heavy (non-hydrogen) atoms. The number of anilines is 1. The van der Waals surface area contributed by atoms with E-state index in [2.05, 4.69) is 34.3 Å². The highest BCUT2D eigenvalue weighted by Crippen LogP contribution is 2.42. The van der Waals surface area contributed by atoms with Gasteiger partial charge in [0, 0.05) is 19.0 Å². The molecule has 2 atom stereocenters. The molecule has 0 radical (unpaired) electrons. The van der Waals surface area contributed by atoms with Gasteiger partial charge in [0.15, 0.2) is 0 Å². The molecule has 0 saturated heterocycles. The second-order valence-corrected chi connectivity index (χ2v) is 8.39. The number of H-pyrrole nitrogens is 1. The third-order valence-electron chi connectivity index (χ3n) is 5.69. The Balaban J connectivity index is 1.72. The Morgan fingerprint density at radius 2 is 1.91 bits per heavy atom. The SMILES string of the molecule is COc1ccc([C@@H]2[C@H](C(=O)Nc3n[nH]c(CC(C)C)n3)c3ccccc3C(=O)N2C)cc1. The normalized spacial score (nSPS) is 17.9. The number of likely N-dealkylation sites (N-methyl/N-ethyl adjacent to an activating group) is 1. The number of rotatable bonds is 6. The smallest absolute Gasteiger partial charge is 0.254 e. The standard InChI is InChI=1S/C24H27N5O3/c1-14(2)13-19-25-24(28-27-19)26-22(30)20-17-7-5-6-8-18(17)23(31)29(3)21(20)15-9-11-16(32-4)12-10-15/h5-12,14,20-21H,13H2,1-4H3,(H2,25,26,27,28,30)/t20-,21-/m1/s1. The highest BCUT2D eigenvalue weighted by molar-refractivity contribution is 6.03. The van der Waals surface area contributed by atoms with E-state index in [1.165, 1.54) is 0 Å². The summed E-state index contributed by atoms with van der Waals surface area (Å²) >= 11 is 0. The van der Waals surface area contributed by atoms with Crippen molar-refractivity contribution in [3.05, 3.63) is 71.0 Å². The molecule has 1 aliphatic rings. The first kappa shape index (κ1) is 21.5. The molecule has 3 aromatic rings. The maximum Gasteiger partial charge on any atom is 0.254 e. The molecule has 1 aromatic heterocycles. The first-order valence-corrected chi connectivity index (χ1v) is 10.6. The van der Waals surface area contributed by atoms with Crippen LogP contribution in [0.2, 0.25) is 0 Å². The van der Waals surface area contributed by atoms with Crippen molar-refractivity contribution in [2.45, 2.75) is 32.2 Å². The van der Waals surface area contributed by atoms with Crippen molar-refractivity contribution in [1.82, 2.24) is 20.1 Å². The maximum atomic E-state index is 13.6. The van der Waals surface area contributed by atoms with Crippen LogP contribution in [0.25, 0.3) is 0 Å². The van der Waals surface area contributed by atoms with Gasteiger partial charge in [0.05, 0.1) is 19.1 Å². The van der Waals surface area contributed by atoms with Crippen LogP contribution in [-0.4, -0.2) is 46.1 Å². The molecule has 2 amide bonds. The topological polar surface area (TPSA) is 100 Å². The zero-order valence-electron chi connectivity index (χ0n) is 18.6. The van der Waals surface area contributed by atoms with Gasteiger partial charge in [0.1, 0.15) is 11.6 Å². The van der Waals surface area contributed by atoms with Crippen LogP contribution in [0, 0.1) is 5.92 Å². The number of fused-ring (bicyclic) bond motifs is 1. The number of ether oxygens (including phenoxy) is 1. The van der Waals surface area contributed by atoms with E-state index in [1.54, 1.807) is 31.2 Å². The molecule has 0 bridgehead atoms. The van der Waals surface area contributed by atoms with Crippen molar-refractivity contribution in [3.63, 3.8) is 0 Å². The zero-order chi connectivity index (χ0) is 22.8. The number of methoxy groups -OCH3 is 1. The minimum absolute atomic E-state index is 0.123. The Kier molecular flexibility index (Phi) is 5.94. The van der Waals surface area contributed by atoms with Gasteiger partial charge in [0.2, 0.25) is 11.9 Å². The van der Waals surface area contributed by atoms with Crippen molar-refractivity contribution in [3.8, 4) is 5.75 Å². The van der Waals surface area contributed by atoms with Crippen molar-refractivity contribution in [1.29, 1.82) is 0 Å². The number of carbonyl (C=O) groups is 2. The summed E-state index contributed by atoms with van der Waals surface area (Å²) in [4.78, 5) is 32.7. The Hall–Kier alpha value is -3.68. The summed E-state index contributed by atoms with van der Waals surface area (Å²) < 4.78 is 5.26. The number of carbonyl (C=O) groups excluding carboxylic acids is 2. The van der Waals surface area contributed by atoms with Crippen LogP contribution in [0.4, 0.5) is 5.95 Å². The van der Waals surface area contributed by atoms with E-state index in [4.69, 9.17) is 4.74 Å². The number of hydrogen-bond acceptors (Lipinski definition) is 5. The van der Waals surface area contributed by atoms with E-state index < -0.39 is 12.0 Å². The number of nitrogens with zero attached hydrogens (tertiary/aromatic N) is 3. The fourth-order valence-electron chi connectivity index (χ4n) is 4.19. The van der Waals surface area contributed by atoms with E-state index in [9.17, 15) is 9.59 Å². The summed E-state index contributed by atoms with van der Waals surface area (Å²) in [6, 6.07) is 14.2. The van der Waals surface area contributed by atoms with E-state index in [-0.39, 0.29) is 17.8 Å². The molecule has 4 rings (SSSR count). The average Bonchev–Trinajstić information content (AvgIpc) is 3.22. The number of benzene rings is 2. The lowest BCUT2D eigenvalue weighted by Crippen LogP contribution is -2.44. The molecule has 2 aromatic carbocycles. The second-order valence-electron chi connectivity index (χ2n) is 8.39. The van der Waals surface area contributed by atoms with Crippen molar-refractivity contribution >= 4 is 17.8 Å². The summed E-state index contributed by atoms with van der Waals surface area (Å²) in [5.74, 6) is 1.05. The monoisotopic (exact) mass is 433 g/mol. The van der Waals surface area contributed by atoms with Crippen LogP contribution >= 0.6 is 0 Å². The van der Waals surface area contributed by atoms with Crippen molar-refractivity contribution < 1.29 is 14.3 Å². The molecule has 8 nitrogen and oxygen atoms in total. The van der Waals surface area contributed by atoms with Crippen LogP contribution in [0.3, 0.4) is 0 Å². The summed E-state index contributed by atoms with van der Waals surface area (Å²) in [6.07, 6.45) is 0.737. The lowest BCUT2D eigenvalue weighted by atomic mass is 9.79. The van der Waals surface area contributed by atoms with E-state index >= 15 is 0 Å². The second kappa shape index (κ2) is 8.82. The molecule has 1 aliphatic heterocycles. The quantitative estimate of drug-likeness (QED) is 0.619. The van der Waals surface area contributed by atoms with Crippen LogP contribution < -0.4 is 10.1 Å². The number of aromatic nitrogens is 3. The fraction of sp³-hybridized carbons (Fsp3) is 0.333. The van der Waals surface area contributed by atoms with E-state index in [0.717, 1.165) is 17.8 Å². The molecule has 0 aliphatic carbocycles. The van der Waals surface area contributed by atoms with Crippen molar-refractivity contribution in [2.75, 3.05) is 19.5 Å². The molecule has 0 saturated carbocycles. The molecular weight excluding hydrogens is 406 g/mol. The van der Waals surface area contributed by atoms with Crippen LogP contribution in [-0.2, 0) is 11.2 Å². The van der Waals surface area contributed by atoms with Gasteiger partial charge in [-0.2, -0.15) is 4.98 Å². The molecule has 166 valence electrons. The number of hydrogen-bond donors (Lipinski definition) is 2. The van der Waals surface area contributed by atoms with E-state index in [0.29, 0.717) is 22.8 Å². The van der Waals surface area contributed by atoms with E-state index in [1.807, 2.05) is 36.4 Å². The summed E-state index contributed by atoms with van der Waals surface area (Å²) in [6.45, 7) is 4.18. The first-order chi connectivity index (χ1) is 15.4. The predicted octanol–water partition coefficient (Wildman–Crippen LogP) is 3.56. The van der Waals surface area contributed by atoms with Crippen molar-refractivity contribution in [2.24, 2.45) is 5.92 Å². The Bertz CT molecular complexity index is 1120. The van der Waals surface area contributed by atoms with Crippen LogP contribution in [0.1, 0.15) is 53.1 Å². The van der Waals surface area contributed by atoms with Gasteiger partial charge in [-0.25, -0.2) is 0 Å². The minimum Gasteiger partial charge on any atom is -0.497 e. The molecule has 0 spiro atoms. The Labute approximate surface area is 187 Å². The number of nitrogens with one attached hydrogen (secondary N) is 2. The minimum atomic E-state index is -0.630. The third-order valence-corrected chi connectivity index (χ3v) is 5.69. The van der Waals surface area contributed by atoms with Crippen LogP contribution in [0.5, 0.6) is 5.75 Å². The largest absolute Gasteiger partial charge is 0.497 e. The summed E-state index contributed by atoms with van der Waals surface area (Å²) in [5, 5.41) is 9.88. The molecule has 2 heterocycles. The number of amides is 2. The zero-order valence-corrected chi connectivity index (χ0v) is 18.6. The van der Waals surface area contributed by atoms with Gasteiger partial charge in [-0.3, -0.25) is 20.0 Å². The van der Waals surface area contributed by atoms with Gasteiger partial charge < -0.3 is 9.64 Å². The van der Waals surface area contributed by atoms with Gasteiger partial charge in [-0.15, -0.1) is 5.10 Å². The van der Waals surface area contributed by atoms with Gasteiger partial charge in [-0.1, -0.05) is 44.2 Å². The summed E-state index contributed by atoms with van der Waals surface area (Å²) in [5.41, 5.74) is 2.05. The molecule has 0 fully saturated rings. The van der Waals surface area contributed by atoms with Gasteiger partial charge in [0.25, 0.3) is 5.91 Å². The average molecular weight is 434 g/mol. The Morgan fingerprint density at radius 1 is 1.19 bits per heavy atom. The number of aromatic amines is 1. The highest BCUT2D eigenvalue weighted by Gasteiger charge is 2.42. The van der Waals surface area contributed by atoms with Gasteiger partial charge in [-0.05, 0) is 35.2 Å². The lowest BCUT2D eigenvalue weighted by Gasteiger charge is -2.39. The molecule has 0 unspecified atom stereocenters. The third kappa shape index (κ3) is 4.08. The summed E-state index contributed by atoms with van der Waals surface area (Å²) in [7, 11) is 3.32. The molecule has 8 heteroatoms. The molecule has 2 N–H and O–H groups in total. The molecular formula is C24H27N5O3. The highest BCUT2D eigenvalue weighted by atomic mass is 16.5.